The molecule has 1 rings (SSSR count). The largest absolute Gasteiger partial charge is 0.446 e. The van der Waals surface area contributed by atoms with Gasteiger partial charge in [0, 0.05) is 0 Å². The summed E-state index contributed by atoms with van der Waals surface area (Å²) in [6.45, 7) is 1.60. The number of aromatic nitrogens is 1. The molecule has 1 heterocycles. The summed E-state index contributed by atoms with van der Waals surface area (Å²) in [5, 5.41) is 8.76. The first kappa shape index (κ1) is 5.31. The summed E-state index contributed by atoms with van der Waals surface area (Å²) in [6, 6.07) is 0. The standard InChI is InChI=1S/C5H7NO2/c1-4(7)5-6-2-3-8-5/h2-4,7H,1H3. The SMILES string of the molecule is CC(O)c1ncco1. The highest BCUT2D eigenvalue weighted by Gasteiger charge is 2.02. The molecule has 0 radical (unpaired) electrons. The quantitative estimate of drug-likeness (QED) is 0.583. The highest BCUT2D eigenvalue weighted by molar-refractivity contribution is 4.82. The van der Waals surface area contributed by atoms with Gasteiger partial charge in [0.25, 0.3) is 0 Å². The second-order valence-corrected chi connectivity index (χ2v) is 1.55. The van der Waals surface area contributed by atoms with E-state index in [9.17, 15) is 0 Å². The molecule has 1 unspecified atom stereocenters. The molecule has 3 heteroatoms. The molecule has 44 valence electrons. The predicted molar refractivity (Wildman–Crippen MR) is 27.1 cm³/mol. The van der Waals surface area contributed by atoms with Crippen molar-refractivity contribution in [2.45, 2.75) is 13.0 Å². The normalized spacial score (nSPS) is 13.8. The molecule has 1 N–H and O–H groups in total. The van der Waals surface area contributed by atoms with E-state index in [-0.39, 0.29) is 0 Å². The summed E-state index contributed by atoms with van der Waals surface area (Å²) < 4.78 is 4.73. The summed E-state index contributed by atoms with van der Waals surface area (Å²) >= 11 is 0. The highest BCUT2D eigenvalue weighted by atomic mass is 16.4. The van der Waals surface area contributed by atoms with Crippen LogP contribution in [0, 0.1) is 0 Å². The molecule has 8 heavy (non-hydrogen) atoms. The third-order valence-electron chi connectivity index (χ3n) is 0.809. The van der Waals surface area contributed by atoms with Gasteiger partial charge in [-0.3, -0.25) is 0 Å². The summed E-state index contributed by atoms with van der Waals surface area (Å²) in [6.07, 6.45) is 2.34. The Morgan fingerprint density at radius 1 is 1.88 bits per heavy atom. The lowest BCUT2D eigenvalue weighted by atomic mass is 10.4. The Hall–Kier alpha value is -0.830. The molecule has 0 bridgehead atoms. The van der Waals surface area contributed by atoms with Gasteiger partial charge in [0.05, 0.1) is 6.20 Å². The number of rotatable bonds is 1. The maximum atomic E-state index is 8.76. The molecule has 1 atom stereocenters. The van der Waals surface area contributed by atoms with E-state index in [2.05, 4.69) is 4.98 Å². The Kier molecular flexibility index (Phi) is 1.30. The molecule has 0 aromatic carbocycles. The maximum Gasteiger partial charge on any atom is 0.222 e. The van der Waals surface area contributed by atoms with Gasteiger partial charge in [-0.2, -0.15) is 0 Å². The monoisotopic (exact) mass is 113 g/mol. The van der Waals surface area contributed by atoms with Crippen molar-refractivity contribution in [3.8, 4) is 0 Å². The van der Waals surface area contributed by atoms with Crippen molar-refractivity contribution in [3.05, 3.63) is 18.4 Å². The van der Waals surface area contributed by atoms with Crippen LogP contribution in [0.25, 0.3) is 0 Å². The lowest BCUT2D eigenvalue weighted by molar-refractivity contribution is 0.163. The molecule has 0 saturated carbocycles. The fourth-order valence-electron chi connectivity index (χ4n) is 0.441. The third kappa shape index (κ3) is 0.869. The topological polar surface area (TPSA) is 46.3 Å². The van der Waals surface area contributed by atoms with Gasteiger partial charge in [0.1, 0.15) is 12.4 Å². The zero-order chi connectivity index (χ0) is 5.98. The highest BCUT2D eigenvalue weighted by Crippen LogP contribution is 2.06. The van der Waals surface area contributed by atoms with Crippen LogP contribution in [0.2, 0.25) is 0 Å². The van der Waals surface area contributed by atoms with Gasteiger partial charge >= 0.3 is 0 Å². The summed E-state index contributed by atoms with van der Waals surface area (Å²) in [5.74, 6) is 0.366. The van der Waals surface area contributed by atoms with E-state index in [4.69, 9.17) is 9.52 Å². The average Bonchev–Trinajstić information content (AvgIpc) is 2.12. The van der Waals surface area contributed by atoms with Crippen LogP contribution >= 0.6 is 0 Å². The van der Waals surface area contributed by atoms with Gasteiger partial charge in [-0.1, -0.05) is 0 Å². The van der Waals surface area contributed by atoms with Crippen molar-refractivity contribution < 1.29 is 9.52 Å². The van der Waals surface area contributed by atoms with Gasteiger partial charge < -0.3 is 9.52 Å². The molecule has 0 spiro atoms. The van der Waals surface area contributed by atoms with Crippen molar-refractivity contribution in [1.29, 1.82) is 0 Å². The minimum Gasteiger partial charge on any atom is -0.446 e. The number of hydrogen-bond donors (Lipinski definition) is 1. The van der Waals surface area contributed by atoms with Crippen molar-refractivity contribution in [1.82, 2.24) is 4.98 Å². The van der Waals surface area contributed by atoms with Crippen molar-refractivity contribution in [2.75, 3.05) is 0 Å². The maximum absolute atomic E-state index is 8.76. The van der Waals surface area contributed by atoms with Crippen LogP contribution in [-0.4, -0.2) is 10.1 Å². The van der Waals surface area contributed by atoms with E-state index in [1.165, 1.54) is 12.5 Å². The summed E-state index contributed by atoms with van der Waals surface area (Å²) in [7, 11) is 0. The van der Waals surface area contributed by atoms with E-state index >= 15 is 0 Å². The van der Waals surface area contributed by atoms with E-state index in [0.29, 0.717) is 5.89 Å². The molecule has 3 nitrogen and oxygen atoms in total. The number of hydrogen-bond acceptors (Lipinski definition) is 3. The van der Waals surface area contributed by atoms with Crippen LogP contribution in [-0.2, 0) is 0 Å². The molecular weight excluding hydrogens is 106 g/mol. The first-order valence-corrected chi connectivity index (χ1v) is 2.38. The van der Waals surface area contributed by atoms with Gasteiger partial charge in [0.2, 0.25) is 5.89 Å². The van der Waals surface area contributed by atoms with E-state index in [0.717, 1.165) is 0 Å². The Morgan fingerprint density at radius 2 is 2.62 bits per heavy atom. The number of aliphatic hydroxyl groups excluding tert-OH is 1. The van der Waals surface area contributed by atoms with Gasteiger partial charge in [0.15, 0.2) is 0 Å². The van der Waals surface area contributed by atoms with Crippen LogP contribution in [0.1, 0.15) is 18.9 Å². The van der Waals surface area contributed by atoms with Crippen LogP contribution in [0.3, 0.4) is 0 Å². The van der Waals surface area contributed by atoms with Crippen LogP contribution in [0.15, 0.2) is 16.9 Å². The van der Waals surface area contributed by atoms with Crippen molar-refractivity contribution in [3.63, 3.8) is 0 Å². The second-order valence-electron chi connectivity index (χ2n) is 1.55. The lowest BCUT2D eigenvalue weighted by Crippen LogP contribution is -1.88. The van der Waals surface area contributed by atoms with Crippen molar-refractivity contribution >= 4 is 0 Å². The van der Waals surface area contributed by atoms with Gasteiger partial charge in [-0.25, -0.2) is 4.98 Å². The Balaban J connectivity index is 2.77. The fraction of sp³-hybridized carbons (Fsp3) is 0.400. The first-order valence-electron chi connectivity index (χ1n) is 2.38. The average molecular weight is 113 g/mol. The molecule has 0 saturated heterocycles. The van der Waals surface area contributed by atoms with E-state index < -0.39 is 6.10 Å². The Labute approximate surface area is 47.0 Å². The Bertz CT molecular complexity index is 145. The summed E-state index contributed by atoms with van der Waals surface area (Å²) in [5.41, 5.74) is 0. The zero-order valence-electron chi connectivity index (χ0n) is 4.53. The Morgan fingerprint density at radius 3 is 2.88 bits per heavy atom. The van der Waals surface area contributed by atoms with Gasteiger partial charge in [-0.15, -0.1) is 0 Å². The molecule has 1 aromatic heterocycles. The molecule has 1 aromatic rings. The van der Waals surface area contributed by atoms with Gasteiger partial charge in [-0.05, 0) is 6.92 Å². The number of aliphatic hydroxyl groups is 1. The molecule has 0 aliphatic carbocycles. The number of nitrogens with zero attached hydrogens (tertiary/aromatic N) is 1. The van der Waals surface area contributed by atoms with Crippen LogP contribution in [0.4, 0.5) is 0 Å². The second kappa shape index (κ2) is 1.96. The molecular formula is C5H7NO2. The molecule has 0 aliphatic heterocycles. The number of oxazole rings is 1. The van der Waals surface area contributed by atoms with Crippen LogP contribution < -0.4 is 0 Å². The smallest absolute Gasteiger partial charge is 0.222 e. The van der Waals surface area contributed by atoms with Crippen molar-refractivity contribution in [2.24, 2.45) is 0 Å². The van der Waals surface area contributed by atoms with E-state index in [1.807, 2.05) is 0 Å². The molecule has 0 amide bonds. The molecule has 0 aliphatic rings. The minimum atomic E-state index is -0.593. The fourth-order valence-corrected chi connectivity index (χ4v) is 0.441. The predicted octanol–water partition coefficient (Wildman–Crippen LogP) is 0.728. The minimum absolute atomic E-state index is 0.366. The molecule has 0 fully saturated rings. The third-order valence-corrected chi connectivity index (χ3v) is 0.809. The summed E-state index contributed by atoms with van der Waals surface area (Å²) in [4.78, 5) is 3.70. The zero-order valence-corrected chi connectivity index (χ0v) is 4.53. The lowest BCUT2D eigenvalue weighted by Gasteiger charge is -1.92. The first-order chi connectivity index (χ1) is 3.80. The van der Waals surface area contributed by atoms with Crippen LogP contribution in [0.5, 0.6) is 0 Å². The van der Waals surface area contributed by atoms with E-state index in [1.54, 1.807) is 6.92 Å².